The lowest BCUT2D eigenvalue weighted by molar-refractivity contribution is 0.0733. The van der Waals surface area contributed by atoms with Gasteiger partial charge in [0.25, 0.3) is 5.91 Å². The van der Waals surface area contributed by atoms with Crippen LogP contribution in [0.5, 0.6) is 0 Å². The van der Waals surface area contributed by atoms with Gasteiger partial charge in [0.15, 0.2) is 0 Å². The minimum atomic E-state index is -0.353. The highest BCUT2D eigenvalue weighted by molar-refractivity contribution is 5.94. The third-order valence-corrected chi connectivity index (χ3v) is 5.14. The van der Waals surface area contributed by atoms with Gasteiger partial charge in [-0.3, -0.25) is 9.78 Å². The summed E-state index contributed by atoms with van der Waals surface area (Å²) in [5, 5.41) is 9.73. The van der Waals surface area contributed by atoms with Gasteiger partial charge in [0, 0.05) is 43.0 Å². The van der Waals surface area contributed by atoms with Crippen molar-refractivity contribution in [2.45, 2.75) is 19.9 Å². The van der Waals surface area contributed by atoms with E-state index in [1.165, 1.54) is 18.3 Å². The number of carbonyl (C=O) groups excluding carboxylic acids is 1. The van der Waals surface area contributed by atoms with Gasteiger partial charge in [-0.1, -0.05) is 6.07 Å². The molecule has 0 unspecified atom stereocenters. The number of aryl methyl sites for hydroxylation is 1. The van der Waals surface area contributed by atoms with E-state index in [2.05, 4.69) is 16.0 Å². The summed E-state index contributed by atoms with van der Waals surface area (Å²) in [5.74, 6) is -0.341. The molecule has 0 radical (unpaired) electrons. The summed E-state index contributed by atoms with van der Waals surface area (Å²) in [7, 11) is 0. The number of benzene rings is 1. The van der Waals surface area contributed by atoms with Crippen molar-refractivity contribution in [1.29, 1.82) is 5.26 Å². The molecule has 0 bridgehead atoms. The molecule has 3 heterocycles. The highest BCUT2D eigenvalue weighted by Crippen LogP contribution is 2.37. The number of anilines is 1. The van der Waals surface area contributed by atoms with Crippen LogP contribution in [0.1, 0.15) is 32.7 Å². The maximum absolute atomic E-state index is 13.7. The molecule has 0 fully saturated rings. The molecule has 144 valence electrons. The Morgan fingerprint density at radius 2 is 2.17 bits per heavy atom. The van der Waals surface area contributed by atoms with Crippen molar-refractivity contribution < 1.29 is 9.18 Å². The minimum Gasteiger partial charge on any atom is -0.383 e. The summed E-state index contributed by atoms with van der Waals surface area (Å²) >= 11 is 0. The number of nitriles is 1. The second kappa shape index (κ2) is 7.32. The molecule has 6 nitrogen and oxygen atoms in total. The maximum Gasteiger partial charge on any atom is 0.255 e. The number of carbonyl (C=O) groups is 1. The number of hydrogen-bond donors (Lipinski definition) is 1. The molecule has 0 saturated heterocycles. The Labute approximate surface area is 167 Å². The van der Waals surface area contributed by atoms with Crippen molar-refractivity contribution in [1.82, 2.24) is 14.9 Å². The number of amides is 1. The highest BCUT2D eigenvalue weighted by atomic mass is 19.1. The normalized spacial score (nSPS) is 12.9. The maximum atomic E-state index is 13.7. The van der Waals surface area contributed by atoms with Crippen LogP contribution in [-0.2, 0) is 13.0 Å². The molecule has 1 aromatic carbocycles. The number of rotatable bonds is 2. The molecule has 29 heavy (non-hydrogen) atoms. The van der Waals surface area contributed by atoms with Crippen molar-refractivity contribution in [3.63, 3.8) is 0 Å². The van der Waals surface area contributed by atoms with Gasteiger partial charge in [0.2, 0.25) is 0 Å². The number of nitrogen functional groups attached to an aromatic ring is 1. The average Bonchev–Trinajstić information content (AvgIpc) is 2.73. The van der Waals surface area contributed by atoms with Gasteiger partial charge < -0.3 is 10.6 Å². The fourth-order valence-corrected chi connectivity index (χ4v) is 3.74. The lowest BCUT2D eigenvalue weighted by Gasteiger charge is -2.31. The number of hydrogen-bond acceptors (Lipinski definition) is 5. The fourth-order valence-electron chi connectivity index (χ4n) is 3.74. The molecule has 1 amide bonds. The molecule has 0 saturated carbocycles. The predicted molar refractivity (Wildman–Crippen MR) is 106 cm³/mol. The van der Waals surface area contributed by atoms with Crippen molar-refractivity contribution in [3.05, 3.63) is 76.5 Å². The van der Waals surface area contributed by atoms with E-state index < -0.39 is 0 Å². The first-order chi connectivity index (χ1) is 14.0. The molecular formula is C22H18FN5O. The molecule has 0 atom stereocenters. The number of pyridine rings is 2. The van der Waals surface area contributed by atoms with Crippen LogP contribution in [0.2, 0.25) is 0 Å². The fraction of sp³-hybridized carbons (Fsp3) is 0.182. The third kappa shape index (κ3) is 3.29. The van der Waals surface area contributed by atoms with Crippen molar-refractivity contribution in [2.24, 2.45) is 0 Å². The molecule has 3 aromatic rings. The summed E-state index contributed by atoms with van der Waals surface area (Å²) in [6.45, 7) is 2.56. The van der Waals surface area contributed by atoms with E-state index in [1.54, 1.807) is 36.2 Å². The SMILES string of the molecule is Cc1cc(F)ccc1-c1c(C#N)c(N)nc2c1CN(C(=O)c1cccnc1)CC2. The Kier molecular flexibility index (Phi) is 4.69. The molecule has 1 aliphatic heterocycles. The van der Waals surface area contributed by atoms with Gasteiger partial charge in [-0.05, 0) is 42.3 Å². The molecule has 0 aliphatic carbocycles. The summed E-state index contributed by atoms with van der Waals surface area (Å²) < 4.78 is 13.7. The Bertz CT molecular complexity index is 1150. The van der Waals surface area contributed by atoms with Crippen LogP contribution < -0.4 is 5.73 Å². The summed E-state index contributed by atoms with van der Waals surface area (Å²) in [5.41, 5.74) is 10.4. The number of fused-ring (bicyclic) bond motifs is 1. The standard InChI is InChI=1S/C22H18FN5O/c1-13-9-15(23)4-5-16(13)20-17(10-24)21(25)27-19-6-8-28(12-18(19)20)22(29)14-3-2-7-26-11-14/h2-5,7,9,11H,6,8,12H2,1H3,(H2,25,27). The van der Waals surface area contributed by atoms with Gasteiger partial charge in [0.05, 0.1) is 11.3 Å². The quantitative estimate of drug-likeness (QED) is 0.728. The van der Waals surface area contributed by atoms with Crippen LogP contribution in [0.15, 0.2) is 42.7 Å². The Balaban J connectivity index is 1.85. The second-order valence-electron chi connectivity index (χ2n) is 6.96. The van der Waals surface area contributed by atoms with Crippen molar-refractivity contribution in [2.75, 3.05) is 12.3 Å². The van der Waals surface area contributed by atoms with Gasteiger partial charge in [-0.2, -0.15) is 5.26 Å². The Morgan fingerprint density at radius 3 is 2.86 bits per heavy atom. The van der Waals surface area contributed by atoms with E-state index in [1.807, 2.05) is 0 Å². The van der Waals surface area contributed by atoms with E-state index in [0.717, 1.165) is 11.3 Å². The first-order valence-corrected chi connectivity index (χ1v) is 9.16. The van der Waals surface area contributed by atoms with Gasteiger partial charge in [-0.25, -0.2) is 9.37 Å². The Morgan fingerprint density at radius 1 is 1.34 bits per heavy atom. The first kappa shape index (κ1) is 18.6. The average molecular weight is 387 g/mol. The summed E-state index contributed by atoms with van der Waals surface area (Å²) in [4.78, 5) is 23.1. The number of nitrogens with zero attached hydrogens (tertiary/aromatic N) is 4. The van der Waals surface area contributed by atoms with Gasteiger partial charge >= 0.3 is 0 Å². The van der Waals surface area contributed by atoms with Crippen LogP contribution >= 0.6 is 0 Å². The lowest BCUT2D eigenvalue weighted by Crippen LogP contribution is -2.37. The molecule has 0 spiro atoms. The lowest BCUT2D eigenvalue weighted by atomic mass is 9.89. The zero-order valence-corrected chi connectivity index (χ0v) is 15.8. The molecule has 7 heteroatoms. The summed E-state index contributed by atoms with van der Waals surface area (Å²) in [6, 6.07) is 9.99. The van der Waals surface area contributed by atoms with Crippen molar-refractivity contribution >= 4 is 11.7 Å². The molecule has 2 aromatic heterocycles. The minimum absolute atomic E-state index is 0.138. The zero-order chi connectivity index (χ0) is 20.5. The van der Waals surface area contributed by atoms with Crippen LogP contribution in [0.25, 0.3) is 11.1 Å². The van der Waals surface area contributed by atoms with E-state index in [-0.39, 0.29) is 29.7 Å². The molecular weight excluding hydrogens is 369 g/mol. The third-order valence-electron chi connectivity index (χ3n) is 5.14. The molecule has 2 N–H and O–H groups in total. The van der Waals surface area contributed by atoms with E-state index in [9.17, 15) is 14.4 Å². The Hall–Kier alpha value is -3.79. The van der Waals surface area contributed by atoms with Crippen LogP contribution in [0.3, 0.4) is 0 Å². The number of halogens is 1. The summed E-state index contributed by atoms with van der Waals surface area (Å²) in [6.07, 6.45) is 3.67. The first-order valence-electron chi connectivity index (χ1n) is 9.16. The van der Waals surface area contributed by atoms with Crippen molar-refractivity contribution in [3.8, 4) is 17.2 Å². The number of nitrogens with two attached hydrogens (primary N) is 1. The zero-order valence-electron chi connectivity index (χ0n) is 15.8. The van der Waals surface area contributed by atoms with Crippen LogP contribution in [0, 0.1) is 24.1 Å². The molecule has 1 aliphatic rings. The topological polar surface area (TPSA) is 95.9 Å². The largest absolute Gasteiger partial charge is 0.383 e. The van der Waals surface area contributed by atoms with E-state index in [4.69, 9.17) is 5.73 Å². The van der Waals surface area contributed by atoms with Crippen LogP contribution in [0.4, 0.5) is 10.2 Å². The second-order valence-corrected chi connectivity index (χ2v) is 6.96. The monoisotopic (exact) mass is 387 g/mol. The predicted octanol–water partition coefficient (Wildman–Crippen LogP) is 3.24. The highest BCUT2D eigenvalue weighted by Gasteiger charge is 2.28. The molecule has 4 rings (SSSR count). The number of aromatic nitrogens is 2. The van der Waals surface area contributed by atoms with E-state index >= 15 is 0 Å². The van der Waals surface area contributed by atoms with Crippen LogP contribution in [-0.4, -0.2) is 27.3 Å². The van der Waals surface area contributed by atoms with E-state index in [0.29, 0.717) is 35.2 Å². The van der Waals surface area contributed by atoms with Gasteiger partial charge in [0.1, 0.15) is 23.3 Å². The smallest absolute Gasteiger partial charge is 0.255 e. The van der Waals surface area contributed by atoms with Gasteiger partial charge in [-0.15, -0.1) is 0 Å².